The highest BCUT2D eigenvalue weighted by Gasteiger charge is 2.30. The quantitative estimate of drug-likeness (QED) is 0.842. The lowest BCUT2D eigenvalue weighted by molar-refractivity contribution is 0.134. The Morgan fingerprint density at radius 1 is 0.957 bits per heavy atom. The van der Waals surface area contributed by atoms with Crippen LogP contribution in [0.15, 0.2) is 18.2 Å². The minimum Gasteiger partial charge on any atom is -0.299 e. The van der Waals surface area contributed by atoms with Gasteiger partial charge in [-0.3, -0.25) is 4.90 Å². The monoisotopic (exact) mass is 344 g/mol. The third kappa shape index (κ3) is 4.08. The Morgan fingerprint density at radius 3 is 2.26 bits per heavy atom. The van der Waals surface area contributed by atoms with E-state index in [2.05, 4.69) is 4.90 Å². The molecule has 0 amide bonds. The van der Waals surface area contributed by atoms with Crippen LogP contribution >= 0.6 is 0 Å². The summed E-state index contributed by atoms with van der Waals surface area (Å²) in [5.41, 5.74) is 0.155. The fourth-order valence-corrected chi connectivity index (χ4v) is 4.84. The zero-order valence-corrected chi connectivity index (χ0v) is 13.9. The van der Waals surface area contributed by atoms with Gasteiger partial charge in [0.15, 0.2) is 0 Å². The van der Waals surface area contributed by atoms with Gasteiger partial charge in [0.25, 0.3) is 0 Å². The highest BCUT2D eigenvalue weighted by molar-refractivity contribution is 7.88. The van der Waals surface area contributed by atoms with E-state index in [1.54, 1.807) is 0 Å². The standard InChI is InChI=1S/C16H22F2N2O2S/c17-14-9-13(10-15(18)11-14)12-23(21,22)20-6-2-5-19(7-8-20)16-3-1-4-16/h9-11,16H,1-8,12H2. The molecule has 1 aromatic rings. The van der Waals surface area contributed by atoms with E-state index in [1.807, 2.05) is 0 Å². The molecular formula is C16H22F2N2O2S. The van der Waals surface area contributed by atoms with Gasteiger partial charge in [-0.1, -0.05) is 6.42 Å². The Kier molecular flexibility index (Phi) is 4.98. The second-order valence-corrected chi connectivity index (χ2v) is 8.38. The largest absolute Gasteiger partial charge is 0.299 e. The number of nitrogens with zero attached hydrogens (tertiary/aromatic N) is 2. The van der Waals surface area contributed by atoms with Gasteiger partial charge in [0.2, 0.25) is 10.0 Å². The Bertz CT molecular complexity index is 642. The molecule has 4 nitrogen and oxygen atoms in total. The SMILES string of the molecule is O=S(=O)(Cc1cc(F)cc(F)c1)N1CCCN(C2CCC2)CC1. The summed E-state index contributed by atoms with van der Waals surface area (Å²) in [6, 6.07) is 3.52. The summed E-state index contributed by atoms with van der Waals surface area (Å²) in [5, 5.41) is 0. The smallest absolute Gasteiger partial charge is 0.218 e. The molecule has 1 aromatic carbocycles. The minimum atomic E-state index is -3.56. The van der Waals surface area contributed by atoms with Crippen LogP contribution in [-0.2, 0) is 15.8 Å². The highest BCUT2D eigenvalue weighted by atomic mass is 32.2. The second kappa shape index (κ2) is 6.83. The van der Waals surface area contributed by atoms with E-state index in [4.69, 9.17) is 0 Å². The van der Waals surface area contributed by atoms with Crippen LogP contribution in [0.1, 0.15) is 31.2 Å². The number of halogens is 2. The molecule has 0 radical (unpaired) electrons. The van der Waals surface area contributed by atoms with Gasteiger partial charge < -0.3 is 0 Å². The fourth-order valence-electron chi connectivity index (χ4n) is 3.31. The Hall–Kier alpha value is -1.05. The van der Waals surface area contributed by atoms with E-state index in [1.165, 1.54) is 23.6 Å². The van der Waals surface area contributed by atoms with Gasteiger partial charge >= 0.3 is 0 Å². The molecule has 1 saturated carbocycles. The van der Waals surface area contributed by atoms with Crippen LogP contribution in [0, 0.1) is 11.6 Å². The lowest BCUT2D eigenvalue weighted by Crippen LogP contribution is -2.42. The van der Waals surface area contributed by atoms with Crippen molar-refractivity contribution in [3.8, 4) is 0 Å². The summed E-state index contributed by atoms with van der Waals surface area (Å²) in [7, 11) is -3.56. The Labute approximate surface area is 136 Å². The molecule has 0 bridgehead atoms. The second-order valence-electron chi connectivity index (χ2n) is 6.41. The summed E-state index contributed by atoms with van der Waals surface area (Å²) in [6.45, 7) is 2.59. The highest BCUT2D eigenvalue weighted by Crippen LogP contribution is 2.26. The number of hydrogen-bond acceptors (Lipinski definition) is 3. The van der Waals surface area contributed by atoms with Crippen molar-refractivity contribution in [2.24, 2.45) is 0 Å². The van der Waals surface area contributed by atoms with E-state index in [0.29, 0.717) is 19.1 Å². The number of benzene rings is 1. The van der Waals surface area contributed by atoms with Crippen LogP contribution in [0.5, 0.6) is 0 Å². The zero-order valence-electron chi connectivity index (χ0n) is 13.0. The molecule has 0 aromatic heterocycles. The molecule has 1 aliphatic heterocycles. The maximum absolute atomic E-state index is 13.2. The van der Waals surface area contributed by atoms with Gasteiger partial charge in [-0.2, -0.15) is 0 Å². The molecule has 0 N–H and O–H groups in total. The first kappa shape index (κ1) is 16.8. The first-order chi connectivity index (χ1) is 10.9. The number of sulfonamides is 1. The van der Waals surface area contributed by atoms with Crippen LogP contribution in [0.25, 0.3) is 0 Å². The molecule has 3 rings (SSSR count). The molecule has 2 fully saturated rings. The molecule has 1 aliphatic carbocycles. The van der Waals surface area contributed by atoms with Gasteiger partial charge in [0.1, 0.15) is 11.6 Å². The van der Waals surface area contributed by atoms with Crippen molar-refractivity contribution in [3.63, 3.8) is 0 Å². The maximum atomic E-state index is 13.2. The summed E-state index contributed by atoms with van der Waals surface area (Å²) in [5.74, 6) is -1.85. The van der Waals surface area contributed by atoms with Gasteiger partial charge in [0, 0.05) is 31.7 Å². The van der Waals surface area contributed by atoms with Gasteiger partial charge in [-0.15, -0.1) is 0 Å². The first-order valence-electron chi connectivity index (χ1n) is 8.11. The average molecular weight is 344 g/mol. The summed E-state index contributed by atoms with van der Waals surface area (Å²) in [4.78, 5) is 2.38. The van der Waals surface area contributed by atoms with Crippen LogP contribution in [0.4, 0.5) is 8.78 Å². The third-order valence-electron chi connectivity index (χ3n) is 4.75. The summed E-state index contributed by atoms with van der Waals surface area (Å²) in [6.07, 6.45) is 4.46. The Balaban J connectivity index is 1.66. The van der Waals surface area contributed by atoms with E-state index in [-0.39, 0.29) is 11.3 Å². The fraction of sp³-hybridized carbons (Fsp3) is 0.625. The minimum absolute atomic E-state index is 0.155. The van der Waals surface area contributed by atoms with Gasteiger partial charge in [-0.25, -0.2) is 21.5 Å². The average Bonchev–Trinajstić information content (AvgIpc) is 2.61. The molecule has 0 spiro atoms. The molecule has 1 saturated heterocycles. The van der Waals surface area contributed by atoms with Crippen molar-refractivity contribution in [2.45, 2.75) is 37.5 Å². The topological polar surface area (TPSA) is 40.6 Å². The molecule has 2 aliphatic rings. The normalized spacial score (nSPS) is 21.8. The van der Waals surface area contributed by atoms with E-state index >= 15 is 0 Å². The summed E-state index contributed by atoms with van der Waals surface area (Å²) >= 11 is 0. The molecule has 0 atom stereocenters. The van der Waals surface area contributed by atoms with Crippen LogP contribution < -0.4 is 0 Å². The van der Waals surface area contributed by atoms with E-state index in [0.717, 1.165) is 37.7 Å². The van der Waals surface area contributed by atoms with E-state index in [9.17, 15) is 17.2 Å². The Morgan fingerprint density at radius 2 is 1.65 bits per heavy atom. The predicted molar refractivity (Wildman–Crippen MR) is 84.4 cm³/mol. The van der Waals surface area contributed by atoms with E-state index < -0.39 is 21.7 Å². The van der Waals surface area contributed by atoms with Crippen molar-refractivity contribution in [3.05, 3.63) is 35.4 Å². The number of hydrogen-bond donors (Lipinski definition) is 0. The lowest BCUT2D eigenvalue weighted by atomic mass is 9.91. The van der Waals surface area contributed by atoms with Crippen molar-refractivity contribution in [1.29, 1.82) is 0 Å². The van der Waals surface area contributed by atoms with Crippen LogP contribution in [0.3, 0.4) is 0 Å². The molecule has 128 valence electrons. The molecular weight excluding hydrogens is 322 g/mol. The van der Waals surface area contributed by atoms with Crippen molar-refractivity contribution < 1.29 is 17.2 Å². The van der Waals surface area contributed by atoms with Crippen LogP contribution in [-0.4, -0.2) is 49.8 Å². The van der Waals surface area contributed by atoms with Gasteiger partial charge in [0.05, 0.1) is 5.75 Å². The summed E-state index contributed by atoms with van der Waals surface area (Å²) < 4.78 is 53.1. The molecule has 1 heterocycles. The van der Waals surface area contributed by atoms with Crippen molar-refractivity contribution in [2.75, 3.05) is 26.2 Å². The maximum Gasteiger partial charge on any atom is 0.218 e. The van der Waals surface area contributed by atoms with Crippen LogP contribution in [0.2, 0.25) is 0 Å². The molecule has 0 unspecified atom stereocenters. The predicted octanol–water partition coefficient (Wildman–Crippen LogP) is 2.35. The molecule has 7 heteroatoms. The zero-order chi connectivity index (χ0) is 16.4. The van der Waals surface area contributed by atoms with Crippen molar-refractivity contribution >= 4 is 10.0 Å². The third-order valence-corrected chi connectivity index (χ3v) is 6.60. The number of rotatable bonds is 4. The lowest BCUT2D eigenvalue weighted by Gasteiger charge is -2.36. The van der Waals surface area contributed by atoms with Gasteiger partial charge in [-0.05, 0) is 43.5 Å². The first-order valence-corrected chi connectivity index (χ1v) is 9.72. The van der Waals surface area contributed by atoms with Crippen molar-refractivity contribution in [1.82, 2.24) is 9.21 Å². The molecule has 23 heavy (non-hydrogen) atoms.